The third kappa shape index (κ3) is 3.45. The molecule has 0 radical (unpaired) electrons. The Hall–Kier alpha value is -1.06. The molecular weight excluding hydrogens is 218 g/mol. The van der Waals surface area contributed by atoms with Crippen molar-refractivity contribution >= 4 is 11.9 Å². The zero-order chi connectivity index (χ0) is 13.3. The lowest BCUT2D eigenvalue weighted by molar-refractivity contribution is -0.132. The summed E-state index contributed by atoms with van der Waals surface area (Å²) < 4.78 is 5.33. The van der Waals surface area contributed by atoms with E-state index < -0.39 is 11.0 Å². The Labute approximate surface area is 103 Å². The molecule has 1 fully saturated rings. The molecule has 1 rings (SSSR count). The molecule has 0 spiro atoms. The Kier molecular flexibility index (Phi) is 3.84. The van der Waals surface area contributed by atoms with E-state index >= 15 is 0 Å². The van der Waals surface area contributed by atoms with E-state index in [4.69, 9.17) is 4.74 Å². The first-order valence-electron chi connectivity index (χ1n) is 6.19. The van der Waals surface area contributed by atoms with Gasteiger partial charge in [-0.1, -0.05) is 13.8 Å². The van der Waals surface area contributed by atoms with Crippen molar-refractivity contribution in [2.45, 2.75) is 53.1 Å². The molecule has 4 nitrogen and oxygen atoms in total. The molecule has 0 aromatic rings. The molecule has 0 N–H and O–H groups in total. The Morgan fingerprint density at radius 2 is 2.06 bits per heavy atom. The van der Waals surface area contributed by atoms with Gasteiger partial charge in [0.1, 0.15) is 11.4 Å². The lowest BCUT2D eigenvalue weighted by atomic mass is 9.78. The average molecular weight is 241 g/mol. The van der Waals surface area contributed by atoms with Crippen molar-refractivity contribution in [1.29, 1.82) is 0 Å². The van der Waals surface area contributed by atoms with Gasteiger partial charge in [0.25, 0.3) is 0 Å². The first-order valence-corrected chi connectivity index (χ1v) is 6.19. The smallest absolute Gasteiger partial charge is 0.410 e. The highest BCUT2D eigenvalue weighted by atomic mass is 16.6. The third-order valence-electron chi connectivity index (χ3n) is 3.25. The maximum Gasteiger partial charge on any atom is 0.410 e. The molecule has 1 aliphatic heterocycles. The normalized spacial score (nSPS) is 25.9. The number of carbonyl (C=O) groups is 2. The number of piperidine rings is 1. The lowest BCUT2D eigenvalue weighted by Gasteiger charge is -2.39. The van der Waals surface area contributed by atoms with Crippen LogP contribution in [0, 0.1) is 5.41 Å². The van der Waals surface area contributed by atoms with Gasteiger partial charge in [-0.05, 0) is 27.2 Å². The number of carbonyl (C=O) groups excluding carboxylic acids is 2. The van der Waals surface area contributed by atoms with Crippen LogP contribution in [0.5, 0.6) is 0 Å². The second-order valence-corrected chi connectivity index (χ2v) is 5.99. The number of Topliss-reactive ketones (excluding diaryl/α,β-unsaturated/α-hetero) is 1. The summed E-state index contributed by atoms with van der Waals surface area (Å²) in [5.41, 5.74) is -0.893. The summed E-state index contributed by atoms with van der Waals surface area (Å²) in [5.74, 6) is 0.250. The number of rotatable bonds is 1. The molecule has 1 heterocycles. The van der Waals surface area contributed by atoms with E-state index in [1.807, 2.05) is 34.6 Å². The molecule has 1 atom stereocenters. The van der Waals surface area contributed by atoms with Gasteiger partial charge in [-0.15, -0.1) is 0 Å². The summed E-state index contributed by atoms with van der Waals surface area (Å²) in [6.45, 7) is 10.4. The van der Waals surface area contributed by atoms with Crippen LogP contribution in [-0.2, 0) is 9.53 Å². The van der Waals surface area contributed by atoms with Crippen LogP contribution >= 0.6 is 0 Å². The molecule has 17 heavy (non-hydrogen) atoms. The van der Waals surface area contributed by atoms with Gasteiger partial charge in [0.05, 0.1) is 0 Å². The molecule has 0 aliphatic carbocycles. The molecule has 1 amide bonds. The number of nitrogens with zero attached hydrogens (tertiary/aromatic N) is 1. The summed E-state index contributed by atoms with van der Waals surface area (Å²) in [7, 11) is 0. The lowest BCUT2D eigenvalue weighted by Crippen LogP contribution is -2.50. The maximum atomic E-state index is 11.9. The van der Waals surface area contributed by atoms with Gasteiger partial charge in [0.15, 0.2) is 0 Å². The fourth-order valence-electron chi connectivity index (χ4n) is 1.92. The first-order chi connectivity index (χ1) is 7.68. The van der Waals surface area contributed by atoms with Crippen molar-refractivity contribution in [3.8, 4) is 0 Å². The van der Waals surface area contributed by atoms with Crippen LogP contribution in [0.1, 0.15) is 47.5 Å². The van der Waals surface area contributed by atoms with Gasteiger partial charge in [-0.25, -0.2) is 4.79 Å². The van der Waals surface area contributed by atoms with Gasteiger partial charge >= 0.3 is 6.09 Å². The van der Waals surface area contributed by atoms with Crippen LogP contribution in [0.3, 0.4) is 0 Å². The van der Waals surface area contributed by atoms with Gasteiger partial charge in [-0.2, -0.15) is 0 Å². The zero-order valence-electron chi connectivity index (χ0n) is 11.5. The Morgan fingerprint density at radius 1 is 1.47 bits per heavy atom. The third-order valence-corrected chi connectivity index (χ3v) is 3.25. The number of ketones is 1. The molecule has 0 aromatic heterocycles. The monoisotopic (exact) mass is 241 g/mol. The Morgan fingerprint density at radius 3 is 2.53 bits per heavy atom. The van der Waals surface area contributed by atoms with E-state index in [1.165, 1.54) is 0 Å². The van der Waals surface area contributed by atoms with E-state index in [0.717, 1.165) is 6.42 Å². The standard InChI is InChI=1S/C13H23NO3/c1-6-13(5)9-14(8-7-10(13)15)11(16)17-12(2,3)4/h6-9H2,1-5H3. The molecule has 1 saturated heterocycles. The zero-order valence-corrected chi connectivity index (χ0v) is 11.5. The van der Waals surface area contributed by atoms with Crippen LogP contribution in [0.25, 0.3) is 0 Å². The van der Waals surface area contributed by atoms with E-state index in [-0.39, 0.29) is 11.9 Å². The van der Waals surface area contributed by atoms with Crippen molar-refractivity contribution in [3.63, 3.8) is 0 Å². The molecule has 0 saturated carbocycles. The predicted octanol–water partition coefficient (Wildman–Crippen LogP) is 2.61. The van der Waals surface area contributed by atoms with Crippen molar-refractivity contribution < 1.29 is 14.3 Å². The molecule has 1 unspecified atom stereocenters. The van der Waals surface area contributed by atoms with Crippen LogP contribution < -0.4 is 0 Å². The predicted molar refractivity (Wildman–Crippen MR) is 65.8 cm³/mol. The van der Waals surface area contributed by atoms with Gasteiger partial charge in [0, 0.05) is 24.9 Å². The molecule has 98 valence electrons. The fraction of sp³-hybridized carbons (Fsp3) is 0.846. The molecule has 0 aromatic carbocycles. The summed E-state index contributed by atoms with van der Waals surface area (Å²) >= 11 is 0. The molecule has 4 heteroatoms. The highest BCUT2D eigenvalue weighted by Gasteiger charge is 2.39. The number of ether oxygens (including phenoxy) is 1. The highest BCUT2D eigenvalue weighted by Crippen LogP contribution is 2.30. The van der Waals surface area contributed by atoms with Gasteiger partial charge in [-0.3, -0.25) is 4.79 Å². The Bertz CT molecular complexity index is 319. The maximum absolute atomic E-state index is 11.9. The van der Waals surface area contributed by atoms with Crippen molar-refractivity contribution in [2.75, 3.05) is 13.1 Å². The SMILES string of the molecule is CCC1(C)CN(C(=O)OC(C)(C)C)CCC1=O. The molecule has 0 bridgehead atoms. The van der Waals surface area contributed by atoms with Gasteiger partial charge < -0.3 is 9.64 Å². The molecule has 1 aliphatic rings. The van der Waals surface area contributed by atoms with Crippen LogP contribution in [0.4, 0.5) is 4.79 Å². The summed E-state index contributed by atoms with van der Waals surface area (Å²) in [6.07, 6.45) is 0.874. The first kappa shape index (κ1) is 14.0. The summed E-state index contributed by atoms with van der Waals surface area (Å²) in [5, 5.41) is 0. The van der Waals surface area contributed by atoms with Crippen LogP contribution in [-0.4, -0.2) is 35.5 Å². The minimum atomic E-state index is -0.485. The quantitative estimate of drug-likeness (QED) is 0.709. The Balaban J connectivity index is 2.69. The summed E-state index contributed by atoms with van der Waals surface area (Å²) in [6, 6.07) is 0. The highest BCUT2D eigenvalue weighted by molar-refractivity contribution is 5.87. The van der Waals surface area contributed by atoms with Gasteiger partial charge in [0.2, 0.25) is 0 Å². The number of hydrogen-bond donors (Lipinski definition) is 0. The largest absolute Gasteiger partial charge is 0.444 e. The van der Waals surface area contributed by atoms with E-state index in [1.54, 1.807) is 4.90 Å². The van der Waals surface area contributed by atoms with Crippen molar-refractivity contribution in [2.24, 2.45) is 5.41 Å². The second kappa shape index (κ2) is 4.67. The van der Waals surface area contributed by atoms with Crippen molar-refractivity contribution in [3.05, 3.63) is 0 Å². The van der Waals surface area contributed by atoms with Crippen molar-refractivity contribution in [1.82, 2.24) is 4.90 Å². The van der Waals surface area contributed by atoms with E-state index in [9.17, 15) is 9.59 Å². The average Bonchev–Trinajstić information content (AvgIpc) is 2.19. The van der Waals surface area contributed by atoms with E-state index in [2.05, 4.69) is 0 Å². The van der Waals surface area contributed by atoms with E-state index in [0.29, 0.717) is 19.5 Å². The minimum Gasteiger partial charge on any atom is -0.444 e. The minimum absolute atomic E-state index is 0.250. The number of amides is 1. The van der Waals surface area contributed by atoms with Crippen LogP contribution in [0.15, 0.2) is 0 Å². The fourth-order valence-corrected chi connectivity index (χ4v) is 1.92. The van der Waals surface area contributed by atoms with Crippen LogP contribution in [0.2, 0.25) is 0 Å². The number of hydrogen-bond acceptors (Lipinski definition) is 3. The second-order valence-electron chi connectivity index (χ2n) is 5.99. The number of likely N-dealkylation sites (tertiary alicyclic amines) is 1. The molecular formula is C13H23NO3. The topological polar surface area (TPSA) is 46.6 Å². The summed E-state index contributed by atoms with van der Waals surface area (Å²) in [4.78, 5) is 25.4.